The Balaban J connectivity index is 1.31. The van der Waals surface area contributed by atoms with Gasteiger partial charge >= 0.3 is 12.4 Å². The van der Waals surface area contributed by atoms with Crippen LogP contribution in [0.25, 0.3) is 22.8 Å². The van der Waals surface area contributed by atoms with E-state index in [-0.39, 0.29) is 5.75 Å². The van der Waals surface area contributed by atoms with E-state index >= 15 is 0 Å². The zero-order valence-electron chi connectivity index (χ0n) is 25.5. The van der Waals surface area contributed by atoms with Crippen LogP contribution in [-0.4, -0.2) is 31.7 Å². The molecule has 8 nitrogen and oxygen atoms in total. The Bertz CT molecular complexity index is 1870. The molecule has 2 aromatic heterocycles. The fourth-order valence-electron chi connectivity index (χ4n) is 4.94. The highest BCUT2D eigenvalue weighted by molar-refractivity contribution is 7.07. The molecule has 0 bridgehead atoms. The van der Waals surface area contributed by atoms with E-state index in [0.717, 1.165) is 40.9 Å². The summed E-state index contributed by atoms with van der Waals surface area (Å²) in [5, 5.41) is 9.49. The van der Waals surface area contributed by atoms with Crippen molar-refractivity contribution in [1.29, 1.82) is 0 Å². The predicted octanol–water partition coefficient (Wildman–Crippen LogP) is 7.80. The summed E-state index contributed by atoms with van der Waals surface area (Å²) in [6.07, 6.45) is -1.34. The topological polar surface area (TPSA) is 86.3 Å². The number of hydrogen-bond acceptors (Lipinski definition) is 5. The number of ether oxygens (including phenoxy) is 1. The number of aromatic nitrogens is 4. The molecule has 0 fully saturated rings. The highest BCUT2D eigenvalue weighted by Gasteiger charge is 2.31. The molecule has 2 heterocycles. The molecule has 0 aliphatic rings. The van der Waals surface area contributed by atoms with E-state index in [2.05, 4.69) is 57.2 Å². The molecule has 234 valence electrons. The molecule has 5 aromatic rings. The summed E-state index contributed by atoms with van der Waals surface area (Å²) in [4.78, 5) is 22.6. The largest absolute Gasteiger partial charge is 0.573 e. The normalized spacial score (nSPS) is 12.4. The Morgan fingerprint density at radius 3 is 2.40 bits per heavy atom. The van der Waals surface area contributed by atoms with E-state index in [4.69, 9.17) is 0 Å². The summed E-state index contributed by atoms with van der Waals surface area (Å²) < 4.78 is 44.8. The zero-order chi connectivity index (χ0) is 32.4. The first-order chi connectivity index (χ1) is 21.3. The van der Waals surface area contributed by atoms with Crippen LogP contribution < -0.4 is 14.9 Å². The molecule has 3 aromatic carbocycles. The minimum Gasteiger partial charge on any atom is -0.406 e. The number of aryl methyl sites for hydroxylation is 3. The lowest BCUT2D eigenvalue weighted by Crippen LogP contribution is -2.40. The molecule has 0 aliphatic heterocycles. The van der Waals surface area contributed by atoms with E-state index in [1.807, 2.05) is 55.0 Å². The van der Waals surface area contributed by atoms with Gasteiger partial charge in [0.2, 0.25) is 0 Å². The standard InChI is InChI=1S/C33H33F3N6O2S/c1-6-7-23-9-8-21(2)18-28(23)42-22(3)19-45-31(42)38-30(43)39-32(4,5)25-12-10-24(11-13-25)29-37-20-41(40-29)26-14-16-27(17-15-26)44-33(34,35)36/h8-20H,6-7H2,1-5H3,(H,39,43). The second-order valence-electron chi connectivity index (χ2n) is 11.2. The van der Waals surface area contributed by atoms with Crippen LogP contribution in [0.2, 0.25) is 0 Å². The molecule has 0 spiro atoms. The van der Waals surface area contributed by atoms with Crippen LogP contribution in [0.3, 0.4) is 0 Å². The van der Waals surface area contributed by atoms with E-state index in [9.17, 15) is 18.0 Å². The van der Waals surface area contributed by atoms with Crippen LogP contribution in [0.4, 0.5) is 18.0 Å². The lowest BCUT2D eigenvalue weighted by atomic mass is 9.93. The van der Waals surface area contributed by atoms with Gasteiger partial charge in [-0.2, -0.15) is 4.99 Å². The Hall–Kier alpha value is -4.71. The quantitative estimate of drug-likeness (QED) is 0.189. The molecule has 12 heteroatoms. The monoisotopic (exact) mass is 634 g/mol. The van der Waals surface area contributed by atoms with Crippen LogP contribution in [0.15, 0.2) is 83.4 Å². The summed E-state index contributed by atoms with van der Waals surface area (Å²) in [5.74, 6) is 0.118. The summed E-state index contributed by atoms with van der Waals surface area (Å²) in [6, 6.07) is 18.8. The van der Waals surface area contributed by atoms with Gasteiger partial charge in [-0.1, -0.05) is 49.7 Å². The predicted molar refractivity (Wildman–Crippen MR) is 168 cm³/mol. The molecule has 5 rings (SSSR count). The summed E-state index contributed by atoms with van der Waals surface area (Å²) >= 11 is 1.42. The molecule has 1 N–H and O–H groups in total. The molecule has 0 radical (unpaired) electrons. The van der Waals surface area contributed by atoms with Crippen molar-refractivity contribution in [2.75, 3.05) is 0 Å². The van der Waals surface area contributed by atoms with Crippen LogP contribution >= 0.6 is 11.3 Å². The molecule has 45 heavy (non-hydrogen) atoms. The van der Waals surface area contributed by atoms with Crippen LogP contribution in [0.5, 0.6) is 5.75 Å². The number of halogens is 3. The Kier molecular flexibility index (Phi) is 8.96. The Labute approximate surface area is 262 Å². The van der Waals surface area contributed by atoms with E-state index in [1.54, 1.807) is 0 Å². The average molecular weight is 635 g/mol. The van der Waals surface area contributed by atoms with Gasteiger partial charge in [0.1, 0.15) is 12.1 Å². The first-order valence-corrected chi connectivity index (χ1v) is 15.2. The number of alkyl halides is 3. The van der Waals surface area contributed by atoms with Gasteiger partial charge in [0, 0.05) is 16.6 Å². The van der Waals surface area contributed by atoms with Crippen molar-refractivity contribution in [1.82, 2.24) is 24.6 Å². The second-order valence-corrected chi connectivity index (χ2v) is 12.0. The number of carbonyl (C=O) groups excluding carboxylic acids is 1. The number of hydrogen-bond donors (Lipinski definition) is 1. The SMILES string of the molecule is CCCc1ccc(C)cc1-n1c(C)csc1=NC(=O)NC(C)(C)c1ccc(-c2ncn(-c3ccc(OC(F)(F)F)cc3)n2)cc1. The molecule has 0 aliphatic carbocycles. The van der Waals surface area contributed by atoms with Gasteiger partial charge in [0.25, 0.3) is 0 Å². The maximum Gasteiger partial charge on any atom is 0.573 e. The molecule has 0 saturated carbocycles. The van der Waals surface area contributed by atoms with Gasteiger partial charge in [-0.25, -0.2) is 14.5 Å². The summed E-state index contributed by atoms with van der Waals surface area (Å²) in [5.41, 5.74) is 5.77. The smallest absolute Gasteiger partial charge is 0.406 e. The number of nitrogens with zero attached hydrogens (tertiary/aromatic N) is 5. The van der Waals surface area contributed by atoms with Gasteiger partial charge in [0.05, 0.1) is 16.9 Å². The van der Waals surface area contributed by atoms with Crippen LogP contribution in [-0.2, 0) is 12.0 Å². The molecule has 0 atom stereocenters. The molecule has 2 amide bonds. The van der Waals surface area contributed by atoms with Gasteiger partial charge in [-0.3, -0.25) is 4.57 Å². The first-order valence-electron chi connectivity index (χ1n) is 14.4. The number of urea groups is 1. The number of nitrogens with one attached hydrogen (secondary N) is 1. The highest BCUT2D eigenvalue weighted by atomic mass is 32.1. The number of rotatable bonds is 8. The van der Waals surface area contributed by atoms with Crippen molar-refractivity contribution in [2.24, 2.45) is 4.99 Å². The third kappa shape index (κ3) is 7.51. The van der Waals surface area contributed by atoms with Gasteiger partial charge in [0.15, 0.2) is 10.6 Å². The number of carbonyl (C=O) groups is 1. The maximum atomic E-state index is 13.2. The minimum absolute atomic E-state index is 0.318. The zero-order valence-corrected chi connectivity index (χ0v) is 26.3. The molecular weight excluding hydrogens is 601 g/mol. The van der Waals surface area contributed by atoms with Crippen molar-refractivity contribution in [2.45, 2.75) is 59.4 Å². The number of thiazole rings is 1. The first kappa shape index (κ1) is 31.7. The van der Waals surface area contributed by atoms with Gasteiger partial charge in [-0.05, 0) is 81.1 Å². The van der Waals surface area contributed by atoms with Crippen molar-refractivity contribution in [3.8, 4) is 28.5 Å². The molecule has 0 unspecified atom stereocenters. The summed E-state index contributed by atoms with van der Waals surface area (Å²) in [6.45, 7) is 10.0. The second kappa shape index (κ2) is 12.7. The highest BCUT2D eigenvalue weighted by Crippen LogP contribution is 2.26. The van der Waals surface area contributed by atoms with E-state index in [1.165, 1.54) is 52.2 Å². The average Bonchev–Trinajstić information content (AvgIpc) is 3.61. The van der Waals surface area contributed by atoms with E-state index < -0.39 is 17.9 Å². The van der Waals surface area contributed by atoms with Crippen molar-refractivity contribution in [3.63, 3.8) is 0 Å². The number of benzene rings is 3. The number of amides is 2. The fourth-order valence-corrected chi connectivity index (χ4v) is 5.80. The van der Waals surface area contributed by atoms with Crippen LogP contribution in [0.1, 0.15) is 49.6 Å². The summed E-state index contributed by atoms with van der Waals surface area (Å²) in [7, 11) is 0. The van der Waals surface area contributed by atoms with Crippen molar-refractivity contribution in [3.05, 3.63) is 106 Å². The third-order valence-corrected chi connectivity index (χ3v) is 8.13. The Morgan fingerprint density at radius 1 is 1.02 bits per heavy atom. The lowest BCUT2D eigenvalue weighted by Gasteiger charge is -2.25. The third-order valence-electron chi connectivity index (χ3n) is 7.19. The van der Waals surface area contributed by atoms with Crippen LogP contribution in [0, 0.1) is 13.8 Å². The van der Waals surface area contributed by atoms with Gasteiger partial charge in [-0.15, -0.1) is 29.6 Å². The molecular formula is C33H33F3N6O2S. The molecule has 0 saturated heterocycles. The fraction of sp³-hybridized carbons (Fsp3) is 0.273. The maximum absolute atomic E-state index is 13.2. The minimum atomic E-state index is -4.76. The van der Waals surface area contributed by atoms with Crippen molar-refractivity contribution < 1.29 is 22.7 Å². The van der Waals surface area contributed by atoms with Crippen molar-refractivity contribution >= 4 is 17.4 Å². The Morgan fingerprint density at radius 2 is 1.73 bits per heavy atom. The van der Waals surface area contributed by atoms with E-state index in [0.29, 0.717) is 16.3 Å². The van der Waals surface area contributed by atoms with Gasteiger partial charge < -0.3 is 10.1 Å². The lowest BCUT2D eigenvalue weighted by molar-refractivity contribution is -0.274.